The van der Waals surface area contributed by atoms with Crippen LogP contribution in [0.15, 0.2) is 49.0 Å². The molecule has 0 saturated heterocycles. The van der Waals surface area contributed by atoms with E-state index in [4.69, 9.17) is 4.74 Å². The molecule has 0 radical (unpaired) electrons. The summed E-state index contributed by atoms with van der Waals surface area (Å²) >= 11 is 0. The van der Waals surface area contributed by atoms with Gasteiger partial charge < -0.3 is 4.74 Å². The molecule has 2 aromatic rings. The van der Waals surface area contributed by atoms with Gasteiger partial charge in [0.1, 0.15) is 5.75 Å². The first-order valence-electron chi connectivity index (χ1n) is 9.64. The number of aryl methyl sites for hydroxylation is 1. The summed E-state index contributed by atoms with van der Waals surface area (Å²) in [5.74, 6) is 2.45. The maximum absolute atomic E-state index is 5.53. The first kappa shape index (κ1) is 17.8. The second-order valence-corrected chi connectivity index (χ2v) is 7.24. The smallest absolute Gasteiger partial charge is 0.122 e. The Hall–Kier alpha value is -2.02. The molecule has 0 spiro atoms. The lowest BCUT2D eigenvalue weighted by atomic mass is 9.76. The van der Waals surface area contributed by atoms with Crippen molar-refractivity contribution in [2.75, 3.05) is 7.11 Å². The Balaban J connectivity index is 1.67. The van der Waals surface area contributed by atoms with Crippen LogP contribution in [0.5, 0.6) is 5.75 Å². The van der Waals surface area contributed by atoms with Gasteiger partial charge in [-0.1, -0.05) is 62.4 Å². The van der Waals surface area contributed by atoms with Crippen molar-refractivity contribution in [1.29, 1.82) is 0 Å². The minimum Gasteiger partial charge on any atom is -0.496 e. The molecule has 1 heteroatoms. The van der Waals surface area contributed by atoms with Gasteiger partial charge in [0.2, 0.25) is 0 Å². The molecule has 1 aliphatic carbocycles. The van der Waals surface area contributed by atoms with Crippen molar-refractivity contribution < 1.29 is 4.74 Å². The summed E-state index contributed by atoms with van der Waals surface area (Å²) in [6.45, 7) is 6.07. The number of benzene rings is 2. The fraction of sp³-hybridized carbons (Fsp3) is 0.417. The zero-order valence-corrected chi connectivity index (χ0v) is 15.6. The lowest BCUT2D eigenvalue weighted by Gasteiger charge is -2.29. The summed E-state index contributed by atoms with van der Waals surface area (Å²) in [7, 11) is 1.77. The average Bonchev–Trinajstić information content (AvgIpc) is 2.68. The number of ether oxygens (including phenoxy) is 1. The third kappa shape index (κ3) is 4.15. The monoisotopic (exact) mass is 334 g/mol. The fourth-order valence-electron chi connectivity index (χ4n) is 4.18. The molecular weight excluding hydrogens is 304 g/mol. The van der Waals surface area contributed by atoms with E-state index in [1.165, 1.54) is 47.9 Å². The highest BCUT2D eigenvalue weighted by molar-refractivity contribution is 5.47. The van der Waals surface area contributed by atoms with Crippen molar-refractivity contribution in [1.82, 2.24) is 0 Å². The van der Waals surface area contributed by atoms with E-state index in [1.54, 1.807) is 7.11 Å². The molecule has 0 atom stereocenters. The van der Waals surface area contributed by atoms with Crippen LogP contribution in [0.25, 0.3) is 6.08 Å². The van der Waals surface area contributed by atoms with Crippen LogP contribution in [-0.4, -0.2) is 7.11 Å². The SMILES string of the molecule is C=Cc1ccc([C@H]2CC[C@H](c3ccc(OC)c(CCC)c3)CC2)cc1. The Kier molecular flexibility index (Phi) is 5.96. The molecule has 1 nitrogen and oxygen atoms in total. The summed E-state index contributed by atoms with van der Waals surface area (Å²) < 4.78 is 5.53. The molecule has 0 N–H and O–H groups in total. The van der Waals surface area contributed by atoms with Crippen LogP contribution < -0.4 is 4.74 Å². The van der Waals surface area contributed by atoms with E-state index >= 15 is 0 Å². The molecule has 0 bridgehead atoms. The summed E-state index contributed by atoms with van der Waals surface area (Å²) in [5, 5.41) is 0. The van der Waals surface area contributed by atoms with Crippen LogP contribution in [0, 0.1) is 0 Å². The minimum absolute atomic E-state index is 0.699. The van der Waals surface area contributed by atoms with Gasteiger partial charge in [-0.05, 0) is 72.3 Å². The normalized spacial score (nSPS) is 20.2. The zero-order chi connectivity index (χ0) is 17.6. The summed E-state index contributed by atoms with van der Waals surface area (Å²) in [6, 6.07) is 15.8. The Bertz CT molecular complexity index is 691. The molecule has 0 amide bonds. The molecule has 1 fully saturated rings. The van der Waals surface area contributed by atoms with E-state index in [1.807, 2.05) is 6.08 Å². The number of hydrogen-bond donors (Lipinski definition) is 0. The Morgan fingerprint density at radius 1 is 0.960 bits per heavy atom. The Morgan fingerprint density at radius 3 is 2.12 bits per heavy atom. The molecule has 1 saturated carbocycles. The molecule has 1 aliphatic rings. The molecule has 0 heterocycles. The lowest BCUT2D eigenvalue weighted by molar-refractivity contribution is 0.393. The highest BCUT2D eigenvalue weighted by atomic mass is 16.5. The lowest BCUT2D eigenvalue weighted by Crippen LogP contribution is -2.12. The van der Waals surface area contributed by atoms with Crippen LogP contribution in [0.3, 0.4) is 0 Å². The summed E-state index contributed by atoms with van der Waals surface area (Å²) in [6.07, 6.45) is 9.31. The molecule has 0 unspecified atom stereocenters. The Morgan fingerprint density at radius 2 is 1.56 bits per heavy atom. The average molecular weight is 335 g/mol. The van der Waals surface area contributed by atoms with Gasteiger partial charge in [0, 0.05) is 0 Å². The number of methoxy groups -OCH3 is 1. The summed E-state index contributed by atoms with van der Waals surface area (Å²) in [5.41, 5.74) is 5.57. The number of rotatable bonds is 6. The fourth-order valence-corrected chi connectivity index (χ4v) is 4.18. The highest BCUT2D eigenvalue weighted by Gasteiger charge is 2.24. The van der Waals surface area contributed by atoms with Gasteiger partial charge in [0.15, 0.2) is 0 Å². The predicted octanol–water partition coefficient (Wildman–Crippen LogP) is 6.73. The standard InChI is InChI=1S/C24H30O/c1-4-6-23-17-22(15-16-24(23)25-3)21-13-11-20(12-14-21)19-9-7-18(5-2)8-10-19/h5,7-10,15-17,20-21H,2,4,6,11-14H2,1,3H3/t20-,21-. The second kappa shape index (κ2) is 8.38. The van der Waals surface area contributed by atoms with E-state index in [0.717, 1.165) is 18.6 Å². The van der Waals surface area contributed by atoms with Crippen LogP contribution in [0.4, 0.5) is 0 Å². The predicted molar refractivity (Wildman–Crippen MR) is 107 cm³/mol. The van der Waals surface area contributed by atoms with Gasteiger partial charge in [0.05, 0.1) is 7.11 Å². The first-order chi connectivity index (χ1) is 12.2. The van der Waals surface area contributed by atoms with E-state index in [-0.39, 0.29) is 0 Å². The van der Waals surface area contributed by atoms with Crippen molar-refractivity contribution in [2.24, 2.45) is 0 Å². The third-order valence-electron chi connectivity index (χ3n) is 5.67. The van der Waals surface area contributed by atoms with Crippen LogP contribution >= 0.6 is 0 Å². The molecule has 25 heavy (non-hydrogen) atoms. The molecule has 0 aliphatic heterocycles. The highest BCUT2D eigenvalue weighted by Crippen LogP contribution is 2.41. The van der Waals surface area contributed by atoms with Gasteiger partial charge in [0.25, 0.3) is 0 Å². The van der Waals surface area contributed by atoms with Gasteiger partial charge >= 0.3 is 0 Å². The molecule has 3 rings (SSSR count). The maximum Gasteiger partial charge on any atom is 0.122 e. The number of hydrogen-bond acceptors (Lipinski definition) is 1. The van der Waals surface area contributed by atoms with Crippen molar-refractivity contribution >= 4 is 6.08 Å². The quantitative estimate of drug-likeness (QED) is 0.569. The summed E-state index contributed by atoms with van der Waals surface area (Å²) in [4.78, 5) is 0. The van der Waals surface area contributed by atoms with Crippen molar-refractivity contribution in [2.45, 2.75) is 57.3 Å². The molecule has 2 aromatic carbocycles. The van der Waals surface area contributed by atoms with Crippen LogP contribution in [0.2, 0.25) is 0 Å². The van der Waals surface area contributed by atoms with Gasteiger partial charge in [-0.2, -0.15) is 0 Å². The van der Waals surface area contributed by atoms with Crippen LogP contribution in [0.1, 0.15) is 73.1 Å². The minimum atomic E-state index is 0.699. The molecule has 132 valence electrons. The van der Waals surface area contributed by atoms with Crippen molar-refractivity contribution in [3.05, 3.63) is 71.3 Å². The van der Waals surface area contributed by atoms with E-state index in [0.29, 0.717) is 11.8 Å². The zero-order valence-electron chi connectivity index (χ0n) is 15.6. The largest absolute Gasteiger partial charge is 0.496 e. The van der Waals surface area contributed by atoms with E-state index in [2.05, 4.69) is 56.0 Å². The Labute approximate surface area is 152 Å². The van der Waals surface area contributed by atoms with Crippen molar-refractivity contribution in [3.8, 4) is 5.75 Å². The second-order valence-electron chi connectivity index (χ2n) is 7.24. The van der Waals surface area contributed by atoms with Gasteiger partial charge in [-0.3, -0.25) is 0 Å². The van der Waals surface area contributed by atoms with Crippen molar-refractivity contribution in [3.63, 3.8) is 0 Å². The first-order valence-corrected chi connectivity index (χ1v) is 9.64. The topological polar surface area (TPSA) is 9.23 Å². The maximum atomic E-state index is 5.53. The molecular formula is C24H30O. The van der Waals surface area contributed by atoms with E-state index < -0.39 is 0 Å². The van der Waals surface area contributed by atoms with Gasteiger partial charge in [-0.15, -0.1) is 0 Å². The van der Waals surface area contributed by atoms with E-state index in [9.17, 15) is 0 Å². The van der Waals surface area contributed by atoms with Crippen LogP contribution in [-0.2, 0) is 6.42 Å². The third-order valence-corrected chi connectivity index (χ3v) is 5.67. The molecule has 0 aromatic heterocycles. The van der Waals surface area contributed by atoms with Gasteiger partial charge in [-0.25, -0.2) is 0 Å².